The fraction of sp³-hybridized carbons (Fsp3) is 0.647. The summed E-state index contributed by atoms with van der Waals surface area (Å²) >= 11 is 1.43. The van der Waals surface area contributed by atoms with Crippen LogP contribution >= 0.6 is 11.3 Å². The zero-order chi connectivity index (χ0) is 15.6. The molecular formula is C17H26N2O2S. The Morgan fingerprint density at radius 3 is 2.55 bits per heavy atom. The average Bonchev–Trinajstić information content (AvgIpc) is 3.00. The van der Waals surface area contributed by atoms with E-state index in [1.165, 1.54) is 43.4 Å². The van der Waals surface area contributed by atoms with Gasteiger partial charge in [-0.25, -0.2) is 0 Å². The van der Waals surface area contributed by atoms with Crippen LogP contribution in [0.3, 0.4) is 0 Å². The molecule has 1 saturated carbocycles. The van der Waals surface area contributed by atoms with E-state index < -0.39 is 0 Å². The molecule has 122 valence electrons. The Balaban J connectivity index is 1.58. The minimum absolute atomic E-state index is 0.0459. The van der Waals surface area contributed by atoms with Gasteiger partial charge in [0.15, 0.2) is 0 Å². The first-order valence-electron chi connectivity index (χ1n) is 8.37. The molecule has 0 aliphatic heterocycles. The number of nitrogens with one attached hydrogen (secondary N) is 2. The maximum absolute atomic E-state index is 12.0. The van der Waals surface area contributed by atoms with Gasteiger partial charge in [-0.2, -0.15) is 0 Å². The van der Waals surface area contributed by atoms with Crippen molar-refractivity contribution in [1.29, 1.82) is 0 Å². The molecule has 22 heavy (non-hydrogen) atoms. The van der Waals surface area contributed by atoms with Crippen molar-refractivity contribution in [2.24, 2.45) is 0 Å². The van der Waals surface area contributed by atoms with E-state index in [9.17, 15) is 9.59 Å². The molecule has 0 atom stereocenters. The van der Waals surface area contributed by atoms with Crippen LogP contribution in [0.15, 0.2) is 17.5 Å². The highest BCUT2D eigenvalue weighted by Gasteiger charge is 2.13. The number of carbonyl (C=O) groups excluding carboxylic acids is 2. The second-order valence-electron chi connectivity index (χ2n) is 5.95. The van der Waals surface area contributed by atoms with Gasteiger partial charge in [0.1, 0.15) is 0 Å². The average molecular weight is 322 g/mol. The molecule has 0 bridgehead atoms. The van der Waals surface area contributed by atoms with Crippen LogP contribution in [0.25, 0.3) is 0 Å². The molecule has 1 aliphatic carbocycles. The lowest BCUT2D eigenvalue weighted by atomic mass is 9.96. The molecule has 0 spiro atoms. The van der Waals surface area contributed by atoms with E-state index in [1.807, 2.05) is 11.4 Å². The minimum Gasteiger partial charge on any atom is -0.353 e. The van der Waals surface area contributed by atoms with Crippen molar-refractivity contribution in [3.05, 3.63) is 22.4 Å². The third-order valence-corrected chi connectivity index (χ3v) is 4.95. The van der Waals surface area contributed by atoms with Gasteiger partial charge in [-0.05, 0) is 30.7 Å². The summed E-state index contributed by atoms with van der Waals surface area (Å²) in [5, 5.41) is 7.89. The Morgan fingerprint density at radius 2 is 1.86 bits per heavy atom. The van der Waals surface area contributed by atoms with Crippen molar-refractivity contribution >= 4 is 23.2 Å². The SMILES string of the molecule is O=C(CCCNC(=O)c1cccs1)NC1CCCCCCC1. The van der Waals surface area contributed by atoms with Crippen molar-refractivity contribution in [1.82, 2.24) is 10.6 Å². The minimum atomic E-state index is -0.0459. The molecular weight excluding hydrogens is 296 g/mol. The fourth-order valence-electron chi connectivity index (χ4n) is 2.85. The first kappa shape index (κ1) is 17.0. The molecule has 0 saturated heterocycles. The van der Waals surface area contributed by atoms with Gasteiger partial charge >= 0.3 is 0 Å². The normalized spacial score (nSPS) is 16.5. The van der Waals surface area contributed by atoms with Gasteiger partial charge in [0, 0.05) is 19.0 Å². The van der Waals surface area contributed by atoms with Crippen LogP contribution in [0, 0.1) is 0 Å². The summed E-state index contributed by atoms with van der Waals surface area (Å²) < 4.78 is 0. The standard InChI is InChI=1S/C17H26N2O2S/c20-16(19-14-8-4-2-1-3-5-9-14)11-6-12-18-17(21)15-10-7-13-22-15/h7,10,13-14H,1-6,8-9,11-12H2,(H,18,21)(H,19,20). The second-order valence-corrected chi connectivity index (χ2v) is 6.89. The molecule has 0 aromatic carbocycles. The van der Waals surface area contributed by atoms with Gasteiger partial charge in [0.05, 0.1) is 4.88 Å². The summed E-state index contributed by atoms with van der Waals surface area (Å²) in [5.41, 5.74) is 0. The lowest BCUT2D eigenvalue weighted by Gasteiger charge is -2.21. The lowest BCUT2D eigenvalue weighted by Crippen LogP contribution is -2.35. The Morgan fingerprint density at radius 1 is 1.14 bits per heavy atom. The molecule has 1 aromatic heterocycles. The molecule has 2 N–H and O–H groups in total. The van der Waals surface area contributed by atoms with Gasteiger partial charge in [0.25, 0.3) is 5.91 Å². The van der Waals surface area contributed by atoms with Crippen LogP contribution in [0.5, 0.6) is 0 Å². The number of amides is 2. The summed E-state index contributed by atoms with van der Waals surface area (Å²) in [4.78, 5) is 24.4. The third-order valence-electron chi connectivity index (χ3n) is 4.08. The van der Waals surface area contributed by atoms with E-state index in [0.29, 0.717) is 25.4 Å². The molecule has 1 aromatic rings. The van der Waals surface area contributed by atoms with Gasteiger partial charge in [-0.3, -0.25) is 9.59 Å². The molecule has 5 heteroatoms. The molecule has 0 unspecified atom stereocenters. The van der Waals surface area contributed by atoms with E-state index in [1.54, 1.807) is 6.07 Å². The summed E-state index contributed by atoms with van der Waals surface area (Å²) in [6.45, 7) is 0.550. The largest absolute Gasteiger partial charge is 0.353 e. The van der Waals surface area contributed by atoms with Crippen LogP contribution in [-0.4, -0.2) is 24.4 Å². The number of thiophene rings is 1. The Labute approximate surface area is 136 Å². The van der Waals surface area contributed by atoms with Gasteiger partial charge in [-0.1, -0.05) is 38.2 Å². The number of hydrogen-bond acceptors (Lipinski definition) is 3. The second kappa shape index (κ2) is 9.62. The maximum atomic E-state index is 12.0. The van der Waals surface area contributed by atoms with Crippen LogP contribution < -0.4 is 10.6 Å². The summed E-state index contributed by atoms with van der Waals surface area (Å²) in [6, 6.07) is 4.03. The quantitative estimate of drug-likeness (QED) is 0.788. The highest BCUT2D eigenvalue weighted by atomic mass is 32.1. The first-order valence-corrected chi connectivity index (χ1v) is 9.25. The predicted molar refractivity (Wildman–Crippen MR) is 90.1 cm³/mol. The fourth-order valence-corrected chi connectivity index (χ4v) is 3.49. The van der Waals surface area contributed by atoms with Crippen LogP contribution in [0.4, 0.5) is 0 Å². The Hall–Kier alpha value is -1.36. The Kier molecular flexibility index (Phi) is 7.43. The predicted octanol–water partition coefficient (Wildman–Crippen LogP) is 3.49. The maximum Gasteiger partial charge on any atom is 0.261 e. The van der Waals surface area contributed by atoms with Crippen molar-refractivity contribution < 1.29 is 9.59 Å². The summed E-state index contributed by atoms with van der Waals surface area (Å²) in [6.07, 6.45) is 9.77. The smallest absolute Gasteiger partial charge is 0.261 e. The van der Waals surface area contributed by atoms with E-state index >= 15 is 0 Å². The van der Waals surface area contributed by atoms with Crippen molar-refractivity contribution in [2.75, 3.05) is 6.54 Å². The van der Waals surface area contributed by atoms with E-state index in [2.05, 4.69) is 10.6 Å². The van der Waals surface area contributed by atoms with Gasteiger partial charge in [0.2, 0.25) is 5.91 Å². The highest BCUT2D eigenvalue weighted by molar-refractivity contribution is 7.12. The van der Waals surface area contributed by atoms with Crippen molar-refractivity contribution in [2.45, 2.75) is 63.8 Å². The summed E-state index contributed by atoms with van der Waals surface area (Å²) in [7, 11) is 0. The van der Waals surface area contributed by atoms with Gasteiger partial charge < -0.3 is 10.6 Å². The van der Waals surface area contributed by atoms with Gasteiger partial charge in [-0.15, -0.1) is 11.3 Å². The molecule has 4 nitrogen and oxygen atoms in total. The highest BCUT2D eigenvalue weighted by Crippen LogP contribution is 2.17. The number of rotatable bonds is 6. The molecule has 0 radical (unpaired) electrons. The van der Waals surface area contributed by atoms with Crippen LogP contribution in [-0.2, 0) is 4.79 Å². The van der Waals surface area contributed by atoms with Crippen molar-refractivity contribution in [3.63, 3.8) is 0 Å². The van der Waals surface area contributed by atoms with Crippen LogP contribution in [0.1, 0.15) is 67.5 Å². The summed E-state index contributed by atoms with van der Waals surface area (Å²) in [5.74, 6) is 0.0753. The van der Waals surface area contributed by atoms with E-state index in [4.69, 9.17) is 0 Å². The lowest BCUT2D eigenvalue weighted by molar-refractivity contribution is -0.122. The number of carbonyl (C=O) groups is 2. The molecule has 2 rings (SSSR count). The zero-order valence-corrected chi connectivity index (χ0v) is 13.9. The molecule has 1 fully saturated rings. The van der Waals surface area contributed by atoms with Crippen molar-refractivity contribution in [3.8, 4) is 0 Å². The van der Waals surface area contributed by atoms with E-state index in [-0.39, 0.29) is 11.8 Å². The molecule has 1 heterocycles. The number of hydrogen-bond donors (Lipinski definition) is 2. The zero-order valence-electron chi connectivity index (χ0n) is 13.1. The third kappa shape index (κ3) is 6.18. The topological polar surface area (TPSA) is 58.2 Å². The Bertz CT molecular complexity index is 451. The molecule has 2 amide bonds. The first-order chi connectivity index (χ1) is 10.8. The monoisotopic (exact) mass is 322 g/mol. The molecule has 1 aliphatic rings. The van der Waals surface area contributed by atoms with E-state index in [0.717, 1.165) is 17.7 Å². The van der Waals surface area contributed by atoms with Crippen LogP contribution in [0.2, 0.25) is 0 Å².